The molecule has 3 heterocycles. The fraction of sp³-hybridized carbons (Fsp3) is 0.312. The van der Waals surface area contributed by atoms with Crippen LogP contribution in [0.4, 0.5) is 16.4 Å². The van der Waals surface area contributed by atoms with Gasteiger partial charge in [-0.15, -0.1) is 11.3 Å². The third kappa shape index (κ3) is 3.69. The van der Waals surface area contributed by atoms with Gasteiger partial charge in [-0.2, -0.15) is 0 Å². The maximum Gasteiger partial charge on any atom is 0.102 e. The van der Waals surface area contributed by atoms with Crippen molar-refractivity contribution in [3.8, 4) is 0 Å². The molecule has 2 aliphatic rings. The monoisotopic (exact) mass is 300 g/mol. The Morgan fingerprint density at radius 3 is 2.48 bits per heavy atom. The molecule has 2 aromatic rings. The molecule has 2 aliphatic heterocycles. The summed E-state index contributed by atoms with van der Waals surface area (Å²) in [5.41, 5.74) is 3.25. The molecule has 1 fully saturated rings. The summed E-state index contributed by atoms with van der Waals surface area (Å²) in [5.74, 6) is 0. The number of para-hydroxylation sites is 2. The lowest BCUT2D eigenvalue weighted by molar-refractivity contribution is 0.534. The maximum absolute atomic E-state index is 4.46. The van der Waals surface area contributed by atoms with Gasteiger partial charge in [0.05, 0.1) is 11.4 Å². The predicted molar refractivity (Wildman–Crippen MR) is 91.8 cm³/mol. The average molecular weight is 300 g/mol. The normalized spacial score (nSPS) is 15.9. The Bertz CT molecular complexity index is 617. The molecule has 0 unspecified atom stereocenters. The van der Waals surface area contributed by atoms with Crippen LogP contribution in [0.2, 0.25) is 0 Å². The largest absolute Gasteiger partial charge is 0.345 e. The predicted octanol–water partition coefficient (Wildman–Crippen LogP) is 3.04. The van der Waals surface area contributed by atoms with Crippen molar-refractivity contribution in [3.63, 3.8) is 0 Å². The Hall–Kier alpha value is -1.69. The molecule has 1 saturated heterocycles. The van der Waals surface area contributed by atoms with Crippen molar-refractivity contribution in [1.29, 1.82) is 0 Å². The summed E-state index contributed by atoms with van der Waals surface area (Å²) in [5, 5.41) is 11.0. The summed E-state index contributed by atoms with van der Waals surface area (Å²) in [7, 11) is 0. The summed E-state index contributed by atoms with van der Waals surface area (Å²) in [6.45, 7) is 6.67. The van der Waals surface area contributed by atoms with Crippen molar-refractivity contribution in [3.05, 3.63) is 40.8 Å². The molecule has 4 nitrogen and oxygen atoms in total. The number of anilines is 2. The van der Waals surface area contributed by atoms with Gasteiger partial charge in [0.2, 0.25) is 0 Å². The fourth-order valence-electron chi connectivity index (χ4n) is 2.28. The molecule has 21 heavy (non-hydrogen) atoms. The number of benzene rings is 1. The van der Waals surface area contributed by atoms with Gasteiger partial charge in [-0.3, -0.25) is 4.99 Å². The summed E-state index contributed by atoms with van der Waals surface area (Å²) in [4.78, 5) is 5.76. The molecule has 0 bridgehead atoms. The molecule has 0 atom stereocenters. The molecule has 1 aromatic heterocycles. The molecule has 110 valence electrons. The second-order valence-electron chi connectivity index (χ2n) is 5.04. The van der Waals surface area contributed by atoms with Gasteiger partial charge in [0, 0.05) is 42.8 Å². The molecular formula is C16H20N4S. The molecule has 0 aliphatic carbocycles. The number of aryl methyl sites for hydroxylation is 1. The number of rotatable bonds is 0. The molecule has 3 N–H and O–H groups in total. The van der Waals surface area contributed by atoms with Gasteiger partial charge in [0.25, 0.3) is 0 Å². The van der Waals surface area contributed by atoms with Crippen molar-refractivity contribution < 1.29 is 0 Å². The molecular weight excluding hydrogens is 280 g/mol. The molecule has 4 rings (SSSR count). The lowest BCUT2D eigenvalue weighted by atomic mass is 10.3. The van der Waals surface area contributed by atoms with E-state index < -0.39 is 0 Å². The van der Waals surface area contributed by atoms with E-state index in [4.69, 9.17) is 0 Å². The smallest absolute Gasteiger partial charge is 0.102 e. The van der Waals surface area contributed by atoms with Crippen LogP contribution in [0.5, 0.6) is 0 Å². The molecule has 1 aromatic carbocycles. The van der Waals surface area contributed by atoms with Crippen LogP contribution in [0.15, 0.2) is 35.3 Å². The first-order chi connectivity index (χ1) is 10.3. The zero-order chi connectivity index (χ0) is 14.5. The van der Waals surface area contributed by atoms with E-state index in [1.165, 1.54) is 15.4 Å². The second kappa shape index (κ2) is 6.85. The van der Waals surface area contributed by atoms with Gasteiger partial charge >= 0.3 is 0 Å². The first-order valence-corrected chi connectivity index (χ1v) is 8.06. The zero-order valence-corrected chi connectivity index (χ0v) is 13.0. The molecule has 0 amide bonds. The number of hydrogen-bond donors (Lipinski definition) is 3. The topological polar surface area (TPSA) is 48.4 Å². The van der Waals surface area contributed by atoms with Crippen LogP contribution in [0.25, 0.3) is 0 Å². The minimum Gasteiger partial charge on any atom is -0.345 e. The van der Waals surface area contributed by atoms with E-state index in [2.05, 4.69) is 40.0 Å². The van der Waals surface area contributed by atoms with Crippen molar-refractivity contribution in [1.82, 2.24) is 10.6 Å². The maximum atomic E-state index is 4.46. The summed E-state index contributed by atoms with van der Waals surface area (Å²) in [6.07, 6.45) is 1.93. The van der Waals surface area contributed by atoms with Gasteiger partial charge in [0.1, 0.15) is 5.00 Å². The van der Waals surface area contributed by atoms with E-state index in [1.54, 1.807) is 11.3 Å². The van der Waals surface area contributed by atoms with Crippen molar-refractivity contribution in [2.24, 2.45) is 4.99 Å². The van der Waals surface area contributed by atoms with Crippen LogP contribution in [-0.4, -0.2) is 32.4 Å². The van der Waals surface area contributed by atoms with Gasteiger partial charge in [-0.1, -0.05) is 12.1 Å². The number of aliphatic imine (C=N–C) groups is 1. The Kier molecular flexibility index (Phi) is 4.65. The molecule has 0 spiro atoms. The highest BCUT2D eigenvalue weighted by atomic mass is 32.1. The highest BCUT2D eigenvalue weighted by Gasteiger charge is 2.10. The van der Waals surface area contributed by atoms with Crippen molar-refractivity contribution in [2.75, 3.05) is 31.5 Å². The summed E-state index contributed by atoms with van der Waals surface area (Å²) < 4.78 is 0. The number of piperazine rings is 1. The lowest BCUT2D eigenvalue weighted by Crippen LogP contribution is -2.39. The third-order valence-corrected chi connectivity index (χ3v) is 4.32. The van der Waals surface area contributed by atoms with Crippen LogP contribution in [0, 0.1) is 6.92 Å². The molecule has 5 heteroatoms. The summed E-state index contributed by atoms with van der Waals surface area (Å²) >= 11 is 1.76. The first-order valence-electron chi connectivity index (χ1n) is 7.25. The van der Waals surface area contributed by atoms with Crippen molar-refractivity contribution in [2.45, 2.75) is 6.92 Å². The second-order valence-corrected chi connectivity index (χ2v) is 6.30. The van der Waals surface area contributed by atoms with E-state index >= 15 is 0 Å². The fourth-order valence-corrected chi connectivity index (χ4v) is 3.18. The van der Waals surface area contributed by atoms with Crippen LogP contribution in [0.1, 0.15) is 10.4 Å². The van der Waals surface area contributed by atoms with Gasteiger partial charge in [0.15, 0.2) is 0 Å². The average Bonchev–Trinajstić information content (AvgIpc) is 2.79. The summed E-state index contributed by atoms with van der Waals surface area (Å²) in [6, 6.07) is 10.2. The van der Waals surface area contributed by atoms with E-state index in [9.17, 15) is 0 Å². The molecule has 0 saturated carbocycles. The lowest BCUT2D eigenvalue weighted by Gasteiger charge is -2.11. The van der Waals surface area contributed by atoms with Gasteiger partial charge in [-0.05, 0) is 25.1 Å². The number of hydrogen-bond acceptors (Lipinski definition) is 5. The van der Waals surface area contributed by atoms with Crippen LogP contribution in [0.3, 0.4) is 0 Å². The SMILES string of the molecule is C1CNCCN1.Cc1cc2c(s1)Nc1ccccc1N=C2. The van der Waals surface area contributed by atoms with Crippen LogP contribution >= 0.6 is 11.3 Å². The Morgan fingerprint density at radius 1 is 1.05 bits per heavy atom. The number of thiophene rings is 1. The number of nitrogens with zero attached hydrogens (tertiary/aromatic N) is 1. The minimum atomic E-state index is 0.999. The van der Waals surface area contributed by atoms with E-state index in [-0.39, 0.29) is 0 Å². The Balaban J connectivity index is 0.000000186. The van der Waals surface area contributed by atoms with E-state index in [0.29, 0.717) is 0 Å². The van der Waals surface area contributed by atoms with E-state index in [0.717, 1.165) is 37.6 Å². The number of nitrogens with one attached hydrogen (secondary N) is 3. The van der Waals surface area contributed by atoms with Crippen molar-refractivity contribution >= 4 is 33.9 Å². The van der Waals surface area contributed by atoms with Crippen LogP contribution in [-0.2, 0) is 0 Å². The Morgan fingerprint density at radius 2 is 1.76 bits per heavy atom. The highest BCUT2D eigenvalue weighted by molar-refractivity contribution is 7.16. The zero-order valence-electron chi connectivity index (χ0n) is 12.1. The third-order valence-electron chi connectivity index (χ3n) is 3.34. The standard InChI is InChI=1S/C12H10N2S.C4H10N2/c1-8-6-9-7-13-10-4-2-3-5-11(10)14-12(9)15-8;1-2-6-4-3-5-1/h2-7,14H,1H3;5-6H,1-4H2. The quantitative estimate of drug-likeness (QED) is 0.598. The molecule has 0 radical (unpaired) electrons. The van der Waals surface area contributed by atoms with E-state index in [1.807, 2.05) is 24.4 Å². The minimum absolute atomic E-state index is 0.999. The van der Waals surface area contributed by atoms with Crippen LogP contribution < -0.4 is 16.0 Å². The highest BCUT2D eigenvalue weighted by Crippen LogP contribution is 2.36. The first kappa shape index (κ1) is 14.3. The number of fused-ring (bicyclic) bond motifs is 2. The Labute approximate surface area is 129 Å². The van der Waals surface area contributed by atoms with Gasteiger partial charge < -0.3 is 16.0 Å². The van der Waals surface area contributed by atoms with Gasteiger partial charge in [-0.25, -0.2) is 0 Å².